The molecule has 0 saturated heterocycles. The molecule has 45 heavy (non-hydrogen) atoms. The van der Waals surface area contributed by atoms with Crippen LogP contribution in [0.4, 0.5) is 5.69 Å². The molecule has 0 fully saturated rings. The number of allylic oxidation sites excluding steroid dienone is 1. The second-order valence-electron chi connectivity index (χ2n) is 11.2. The van der Waals surface area contributed by atoms with Crippen molar-refractivity contribution in [3.63, 3.8) is 0 Å². The minimum Gasteiger partial charge on any atom is -0.497 e. The zero-order chi connectivity index (χ0) is 32.6. The van der Waals surface area contributed by atoms with Gasteiger partial charge in [-0.05, 0) is 94.8 Å². The molecule has 0 aliphatic carbocycles. The molecule has 3 heterocycles. The molecule has 4 aromatic rings. The van der Waals surface area contributed by atoms with E-state index in [0.29, 0.717) is 50.8 Å². The lowest BCUT2D eigenvalue weighted by molar-refractivity contribution is -0.127. The van der Waals surface area contributed by atoms with Crippen LogP contribution in [-0.2, 0) is 4.79 Å². The third kappa shape index (κ3) is 5.70. The number of rotatable bonds is 9. The lowest BCUT2D eigenvalue weighted by Gasteiger charge is -2.30. The number of ether oxygens (including phenoxy) is 2. The van der Waals surface area contributed by atoms with E-state index in [1.54, 1.807) is 35.8 Å². The smallest absolute Gasteiger partial charge is 0.271 e. The quantitative estimate of drug-likeness (QED) is 0.271. The highest BCUT2D eigenvalue weighted by atomic mass is 32.1. The minimum absolute atomic E-state index is 0.158. The number of aromatic nitrogens is 2. The van der Waals surface area contributed by atoms with Gasteiger partial charge in [-0.2, -0.15) is 0 Å². The molecule has 2 aromatic carbocycles. The SMILES string of the molecule is CCN(CC)C(=O)C1=C(C)N=c2s/c(=C\c3cc(C)n(-c4ccc(N(C)C)cc4)c3C)c(=O)n2[C@@H]1c1cc(OC)ccc1OC. The number of anilines is 1. The predicted octanol–water partition coefficient (Wildman–Crippen LogP) is 4.59. The fourth-order valence-electron chi connectivity index (χ4n) is 6.00. The van der Waals surface area contributed by atoms with Crippen LogP contribution in [-0.4, -0.2) is 61.3 Å². The van der Waals surface area contributed by atoms with Crippen molar-refractivity contribution in [2.75, 3.05) is 46.3 Å². The molecular weight excluding hydrogens is 586 g/mol. The van der Waals surface area contributed by atoms with Gasteiger partial charge in [0.15, 0.2) is 4.80 Å². The van der Waals surface area contributed by atoms with Crippen LogP contribution in [0.3, 0.4) is 0 Å². The van der Waals surface area contributed by atoms with Crippen LogP contribution in [0, 0.1) is 13.8 Å². The molecule has 0 unspecified atom stereocenters. The van der Waals surface area contributed by atoms with E-state index in [1.807, 2.05) is 47.0 Å². The van der Waals surface area contributed by atoms with Gasteiger partial charge in [0.05, 0.1) is 30.0 Å². The van der Waals surface area contributed by atoms with Crippen molar-refractivity contribution in [3.8, 4) is 17.2 Å². The molecular formula is C35H41N5O4S. The van der Waals surface area contributed by atoms with Crippen molar-refractivity contribution in [1.82, 2.24) is 14.0 Å². The maximum Gasteiger partial charge on any atom is 0.271 e. The number of likely N-dealkylation sites (N-methyl/N-ethyl adjacent to an activating group) is 1. The van der Waals surface area contributed by atoms with Crippen LogP contribution in [0.15, 0.2) is 69.6 Å². The summed E-state index contributed by atoms with van der Waals surface area (Å²) in [6, 6.07) is 15.2. The number of nitrogens with zero attached hydrogens (tertiary/aromatic N) is 5. The largest absolute Gasteiger partial charge is 0.497 e. The Morgan fingerprint density at radius 3 is 2.29 bits per heavy atom. The Bertz CT molecular complexity index is 1960. The van der Waals surface area contributed by atoms with Crippen molar-refractivity contribution >= 4 is 29.0 Å². The van der Waals surface area contributed by atoms with E-state index in [1.165, 1.54) is 11.3 Å². The summed E-state index contributed by atoms with van der Waals surface area (Å²) in [5, 5.41) is 0. The summed E-state index contributed by atoms with van der Waals surface area (Å²) in [4.78, 5) is 37.6. The first kappa shape index (κ1) is 31.8. The van der Waals surface area contributed by atoms with Gasteiger partial charge >= 0.3 is 0 Å². The Hall–Kier alpha value is -4.57. The van der Waals surface area contributed by atoms with Gasteiger partial charge in [0.25, 0.3) is 11.5 Å². The van der Waals surface area contributed by atoms with E-state index < -0.39 is 6.04 Å². The van der Waals surface area contributed by atoms with Crippen molar-refractivity contribution < 1.29 is 14.3 Å². The highest BCUT2D eigenvalue weighted by Gasteiger charge is 2.36. The fourth-order valence-corrected chi connectivity index (χ4v) is 7.03. The lowest BCUT2D eigenvalue weighted by Crippen LogP contribution is -2.43. The molecule has 0 bridgehead atoms. The molecule has 1 aliphatic heterocycles. The summed E-state index contributed by atoms with van der Waals surface area (Å²) in [5.41, 5.74) is 6.68. The second-order valence-corrected chi connectivity index (χ2v) is 12.2. The van der Waals surface area contributed by atoms with Crippen molar-refractivity contribution in [3.05, 3.63) is 102 Å². The number of benzene rings is 2. The topological polar surface area (TPSA) is 81.3 Å². The van der Waals surface area contributed by atoms with Gasteiger partial charge in [-0.3, -0.25) is 14.2 Å². The van der Waals surface area contributed by atoms with Crippen molar-refractivity contribution in [2.45, 2.75) is 40.7 Å². The number of amides is 1. The number of aryl methyl sites for hydroxylation is 1. The average molecular weight is 628 g/mol. The zero-order valence-electron chi connectivity index (χ0n) is 27.5. The van der Waals surface area contributed by atoms with Crippen LogP contribution in [0.2, 0.25) is 0 Å². The first-order chi connectivity index (χ1) is 21.5. The van der Waals surface area contributed by atoms with Gasteiger partial charge in [-0.25, -0.2) is 4.99 Å². The molecule has 0 saturated carbocycles. The number of thiazole rings is 1. The Morgan fingerprint density at radius 1 is 1.00 bits per heavy atom. The van der Waals surface area contributed by atoms with Gasteiger partial charge in [0.2, 0.25) is 0 Å². The Kier molecular flexibility index (Phi) is 9.06. The molecule has 0 spiro atoms. The maximum absolute atomic E-state index is 14.4. The molecule has 0 N–H and O–H groups in total. The third-order valence-corrected chi connectivity index (χ3v) is 9.40. The van der Waals surface area contributed by atoms with E-state index in [-0.39, 0.29) is 11.5 Å². The van der Waals surface area contributed by atoms with Crippen LogP contribution in [0.5, 0.6) is 11.5 Å². The standard InChI is InChI=1S/C35H41N5O4S/c1-10-38(11-2)34(42)31-22(4)36-35-40(32(31)28-20-27(43-8)16-17-29(28)44-9)33(41)30(45-35)19-24-18-21(3)39(23(24)5)26-14-12-25(13-15-26)37(6)7/h12-20,32H,10-11H2,1-9H3/b30-19-/t32-/m1/s1. The molecule has 1 aliphatic rings. The van der Waals surface area contributed by atoms with Crippen LogP contribution < -0.4 is 29.3 Å². The van der Waals surface area contributed by atoms with E-state index in [2.05, 4.69) is 53.6 Å². The summed E-state index contributed by atoms with van der Waals surface area (Å²) in [7, 11) is 7.22. The number of carbonyl (C=O) groups excluding carboxylic acids is 1. The maximum atomic E-state index is 14.4. The van der Waals surface area contributed by atoms with Crippen LogP contribution in [0.1, 0.15) is 49.3 Å². The minimum atomic E-state index is -0.746. The number of hydrogen-bond donors (Lipinski definition) is 0. The monoisotopic (exact) mass is 627 g/mol. The van der Waals surface area contributed by atoms with Gasteiger partial charge in [0, 0.05) is 55.5 Å². The summed E-state index contributed by atoms with van der Waals surface area (Å²) in [6.07, 6.45) is 1.93. The zero-order valence-corrected chi connectivity index (χ0v) is 28.3. The molecule has 2 aromatic heterocycles. The summed E-state index contributed by atoms with van der Waals surface area (Å²) >= 11 is 1.32. The van der Waals surface area contributed by atoms with E-state index in [4.69, 9.17) is 14.5 Å². The lowest BCUT2D eigenvalue weighted by atomic mass is 9.93. The second kappa shape index (κ2) is 12.8. The Balaban J connectivity index is 1.71. The summed E-state index contributed by atoms with van der Waals surface area (Å²) in [6.45, 7) is 10.9. The highest BCUT2D eigenvalue weighted by molar-refractivity contribution is 7.07. The van der Waals surface area contributed by atoms with Gasteiger partial charge in [-0.1, -0.05) is 11.3 Å². The van der Waals surface area contributed by atoms with Gasteiger partial charge in [0.1, 0.15) is 17.5 Å². The molecule has 1 atom stereocenters. The summed E-state index contributed by atoms with van der Waals surface area (Å²) < 4.78 is 15.7. The van der Waals surface area contributed by atoms with Crippen LogP contribution in [0.25, 0.3) is 11.8 Å². The average Bonchev–Trinajstić information content (AvgIpc) is 3.49. The fraction of sp³-hybridized carbons (Fsp3) is 0.343. The van der Waals surface area contributed by atoms with E-state index in [9.17, 15) is 9.59 Å². The highest BCUT2D eigenvalue weighted by Crippen LogP contribution is 2.38. The normalized spacial score (nSPS) is 14.7. The molecule has 0 radical (unpaired) electrons. The molecule has 5 rings (SSSR count). The first-order valence-electron chi connectivity index (χ1n) is 15.0. The number of carbonyl (C=O) groups is 1. The number of hydrogen-bond acceptors (Lipinski definition) is 7. The third-order valence-electron chi connectivity index (χ3n) is 8.42. The van der Waals surface area contributed by atoms with Crippen molar-refractivity contribution in [2.24, 2.45) is 4.99 Å². The molecule has 9 nitrogen and oxygen atoms in total. The number of methoxy groups -OCH3 is 2. The molecule has 236 valence electrons. The summed E-state index contributed by atoms with van der Waals surface area (Å²) in [5.74, 6) is 0.997. The van der Waals surface area contributed by atoms with E-state index >= 15 is 0 Å². The predicted molar refractivity (Wildman–Crippen MR) is 181 cm³/mol. The van der Waals surface area contributed by atoms with Crippen molar-refractivity contribution in [1.29, 1.82) is 0 Å². The number of fused-ring (bicyclic) bond motifs is 1. The Labute approximate surface area is 268 Å². The van der Waals surface area contributed by atoms with E-state index in [0.717, 1.165) is 28.3 Å². The molecule has 1 amide bonds. The molecule has 10 heteroatoms. The van der Waals surface area contributed by atoms with Crippen LogP contribution >= 0.6 is 11.3 Å². The first-order valence-corrected chi connectivity index (χ1v) is 15.9. The Morgan fingerprint density at radius 2 is 1.69 bits per heavy atom. The van der Waals surface area contributed by atoms with Gasteiger partial charge < -0.3 is 23.8 Å². The van der Waals surface area contributed by atoms with Gasteiger partial charge in [-0.15, -0.1) is 0 Å².